The summed E-state index contributed by atoms with van der Waals surface area (Å²) in [6.07, 6.45) is 0. The number of nitrogen functional groups attached to an aromatic ring is 1. The van der Waals surface area contributed by atoms with Crippen LogP contribution in [0.2, 0.25) is 0 Å². The third-order valence-corrected chi connectivity index (χ3v) is 6.05. The molecular formula is C27H27N5O2. The number of nitrogens with two attached hydrogens (primary N) is 1. The fourth-order valence-electron chi connectivity index (χ4n) is 4.14. The molecular weight excluding hydrogens is 426 g/mol. The van der Waals surface area contributed by atoms with Crippen LogP contribution in [-0.2, 0) is 13.2 Å². The summed E-state index contributed by atoms with van der Waals surface area (Å²) in [6.45, 7) is 3.96. The number of carbonyl (C=O) groups excluding carboxylic acids is 1. The first-order chi connectivity index (χ1) is 16.7. The van der Waals surface area contributed by atoms with E-state index in [2.05, 4.69) is 14.9 Å². The highest BCUT2D eigenvalue weighted by Gasteiger charge is 2.23. The Balaban J connectivity index is 1.14. The average Bonchev–Trinajstić information content (AvgIpc) is 2.88. The Morgan fingerprint density at radius 2 is 1.56 bits per heavy atom. The minimum atomic E-state index is 0.0568. The Hall–Kier alpha value is -3.97. The number of carbonyl (C=O) groups is 1. The zero-order valence-corrected chi connectivity index (χ0v) is 18.9. The molecule has 1 aliphatic heterocycles. The highest BCUT2D eigenvalue weighted by molar-refractivity contribution is 5.94. The largest absolute Gasteiger partial charge is 0.489 e. The minimum absolute atomic E-state index is 0.0568. The quantitative estimate of drug-likeness (QED) is 0.479. The van der Waals surface area contributed by atoms with Crippen molar-refractivity contribution in [2.24, 2.45) is 0 Å². The molecule has 0 radical (unpaired) electrons. The summed E-state index contributed by atoms with van der Waals surface area (Å²) in [5.41, 5.74) is 8.70. The van der Waals surface area contributed by atoms with Crippen LogP contribution in [0.5, 0.6) is 5.75 Å². The van der Waals surface area contributed by atoms with Gasteiger partial charge in [0.25, 0.3) is 5.91 Å². The van der Waals surface area contributed by atoms with Crippen LogP contribution in [0.1, 0.15) is 21.7 Å². The van der Waals surface area contributed by atoms with Gasteiger partial charge in [-0.1, -0.05) is 42.5 Å². The molecule has 1 saturated heterocycles. The highest BCUT2D eigenvalue weighted by Crippen LogP contribution is 2.19. The number of hydrogen-bond donors (Lipinski definition) is 1. The van der Waals surface area contributed by atoms with Gasteiger partial charge in [-0.2, -0.15) is 0 Å². The predicted molar refractivity (Wildman–Crippen MR) is 132 cm³/mol. The van der Waals surface area contributed by atoms with E-state index in [1.165, 1.54) is 0 Å². The van der Waals surface area contributed by atoms with Crippen molar-refractivity contribution in [1.29, 1.82) is 0 Å². The zero-order chi connectivity index (χ0) is 23.3. The van der Waals surface area contributed by atoms with Crippen LogP contribution >= 0.6 is 0 Å². The molecule has 1 aromatic heterocycles. The van der Waals surface area contributed by atoms with E-state index in [4.69, 9.17) is 10.5 Å². The van der Waals surface area contributed by atoms with Crippen LogP contribution in [0.25, 0.3) is 10.9 Å². The number of anilines is 1. The molecule has 0 aliphatic carbocycles. The van der Waals surface area contributed by atoms with Crippen LogP contribution < -0.4 is 10.5 Å². The van der Waals surface area contributed by atoms with E-state index in [-0.39, 0.29) is 5.91 Å². The molecule has 0 bridgehead atoms. The maximum atomic E-state index is 13.0. The molecule has 7 heteroatoms. The van der Waals surface area contributed by atoms with Crippen LogP contribution in [0, 0.1) is 0 Å². The first-order valence-corrected chi connectivity index (χ1v) is 11.5. The average molecular weight is 454 g/mol. The van der Waals surface area contributed by atoms with Crippen molar-refractivity contribution in [3.8, 4) is 5.75 Å². The number of benzene rings is 3. The lowest BCUT2D eigenvalue weighted by Crippen LogP contribution is -2.48. The van der Waals surface area contributed by atoms with Gasteiger partial charge in [-0.3, -0.25) is 9.69 Å². The topological polar surface area (TPSA) is 84.6 Å². The number of nitrogens with zero attached hydrogens (tertiary/aromatic N) is 4. The summed E-state index contributed by atoms with van der Waals surface area (Å²) in [4.78, 5) is 26.3. The van der Waals surface area contributed by atoms with Gasteiger partial charge in [0, 0.05) is 37.1 Å². The number of piperazine rings is 1. The van der Waals surface area contributed by atoms with Crippen LogP contribution in [0.3, 0.4) is 0 Å². The molecule has 7 nitrogen and oxygen atoms in total. The number of para-hydroxylation sites is 2. The number of fused-ring (bicyclic) bond motifs is 1. The van der Waals surface area contributed by atoms with Gasteiger partial charge in [-0.25, -0.2) is 9.97 Å². The molecule has 2 heterocycles. The fourth-order valence-corrected chi connectivity index (χ4v) is 4.14. The summed E-state index contributed by atoms with van der Waals surface area (Å²) in [5, 5.41) is 0.874. The molecule has 1 amide bonds. The molecule has 4 aromatic rings. The van der Waals surface area contributed by atoms with Crippen molar-refractivity contribution in [1.82, 2.24) is 19.8 Å². The number of ether oxygens (including phenoxy) is 1. The SMILES string of the molecule is Nc1nc(CN2CCN(C(=O)c3ccc(COc4ccccc4)cc3)CC2)nc2ccccc12. The van der Waals surface area contributed by atoms with Gasteiger partial charge in [0.05, 0.1) is 12.1 Å². The van der Waals surface area contributed by atoms with Crippen LogP contribution in [0.15, 0.2) is 78.9 Å². The zero-order valence-electron chi connectivity index (χ0n) is 18.9. The second kappa shape index (κ2) is 9.89. The molecule has 3 aromatic carbocycles. The van der Waals surface area contributed by atoms with Gasteiger partial charge in [0.1, 0.15) is 24.0 Å². The Bertz CT molecular complexity index is 1270. The maximum Gasteiger partial charge on any atom is 0.253 e. The third kappa shape index (κ3) is 5.00. The van der Waals surface area contributed by atoms with Gasteiger partial charge >= 0.3 is 0 Å². The van der Waals surface area contributed by atoms with Crippen molar-refractivity contribution >= 4 is 22.6 Å². The van der Waals surface area contributed by atoms with Gasteiger partial charge in [-0.05, 0) is 42.0 Å². The molecule has 1 aliphatic rings. The third-order valence-electron chi connectivity index (χ3n) is 6.05. The lowest BCUT2D eigenvalue weighted by molar-refractivity contribution is 0.0625. The van der Waals surface area contributed by atoms with Crippen molar-refractivity contribution in [2.45, 2.75) is 13.2 Å². The smallest absolute Gasteiger partial charge is 0.253 e. The Labute approximate surface area is 198 Å². The maximum absolute atomic E-state index is 13.0. The van der Waals surface area contributed by atoms with Crippen molar-refractivity contribution in [3.63, 3.8) is 0 Å². The molecule has 0 saturated carbocycles. The van der Waals surface area contributed by atoms with Crippen molar-refractivity contribution in [2.75, 3.05) is 31.9 Å². The van der Waals surface area contributed by atoms with Crippen LogP contribution in [-0.4, -0.2) is 51.9 Å². The lowest BCUT2D eigenvalue weighted by atomic mass is 10.1. The Morgan fingerprint density at radius 3 is 2.32 bits per heavy atom. The molecule has 0 unspecified atom stereocenters. The van der Waals surface area contributed by atoms with Gasteiger partial charge < -0.3 is 15.4 Å². The second-order valence-corrected chi connectivity index (χ2v) is 8.41. The van der Waals surface area contributed by atoms with E-state index in [0.717, 1.165) is 35.3 Å². The molecule has 34 heavy (non-hydrogen) atoms. The highest BCUT2D eigenvalue weighted by atomic mass is 16.5. The number of hydrogen-bond acceptors (Lipinski definition) is 6. The summed E-state index contributed by atoms with van der Waals surface area (Å²) >= 11 is 0. The van der Waals surface area contributed by atoms with Crippen molar-refractivity contribution < 1.29 is 9.53 Å². The van der Waals surface area contributed by atoms with E-state index in [1.807, 2.05) is 83.8 Å². The van der Waals surface area contributed by atoms with Gasteiger partial charge in [0.2, 0.25) is 0 Å². The standard InChI is InChI=1S/C27H27N5O2/c28-26-23-8-4-5-9-24(23)29-25(30-26)18-31-14-16-32(17-15-31)27(33)21-12-10-20(11-13-21)19-34-22-6-2-1-3-7-22/h1-13H,14-19H2,(H2,28,29,30). The Kier molecular flexibility index (Phi) is 6.35. The molecule has 0 atom stereocenters. The van der Waals surface area contributed by atoms with Crippen molar-refractivity contribution in [3.05, 3.63) is 95.8 Å². The molecule has 172 valence electrons. The lowest BCUT2D eigenvalue weighted by Gasteiger charge is -2.34. The summed E-state index contributed by atoms with van der Waals surface area (Å²) in [5.74, 6) is 2.11. The van der Waals surface area contributed by atoms with E-state index < -0.39 is 0 Å². The first-order valence-electron chi connectivity index (χ1n) is 11.5. The monoisotopic (exact) mass is 453 g/mol. The molecule has 1 fully saturated rings. The minimum Gasteiger partial charge on any atom is -0.489 e. The molecule has 0 spiro atoms. The van der Waals surface area contributed by atoms with E-state index in [9.17, 15) is 4.79 Å². The fraction of sp³-hybridized carbons (Fsp3) is 0.222. The molecule has 2 N–H and O–H groups in total. The Morgan fingerprint density at radius 1 is 0.853 bits per heavy atom. The summed E-state index contributed by atoms with van der Waals surface area (Å²) in [7, 11) is 0. The van der Waals surface area contributed by atoms with E-state index in [0.29, 0.717) is 43.4 Å². The second-order valence-electron chi connectivity index (χ2n) is 8.41. The number of aromatic nitrogens is 2. The normalized spacial score (nSPS) is 14.3. The number of amides is 1. The number of rotatable bonds is 6. The van der Waals surface area contributed by atoms with Gasteiger partial charge in [-0.15, -0.1) is 0 Å². The van der Waals surface area contributed by atoms with E-state index in [1.54, 1.807) is 0 Å². The predicted octanol–water partition coefficient (Wildman–Crippen LogP) is 3.75. The molecule has 5 rings (SSSR count). The summed E-state index contributed by atoms with van der Waals surface area (Å²) in [6, 6.07) is 25.1. The van der Waals surface area contributed by atoms with E-state index >= 15 is 0 Å². The van der Waals surface area contributed by atoms with Gasteiger partial charge in [0.15, 0.2) is 0 Å². The first kappa shape index (κ1) is 21.9. The van der Waals surface area contributed by atoms with Crippen LogP contribution in [0.4, 0.5) is 5.82 Å². The summed E-state index contributed by atoms with van der Waals surface area (Å²) < 4.78 is 5.78.